The van der Waals surface area contributed by atoms with Gasteiger partial charge in [-0.2, -0.15) is 5.26 Å². The van der Waals surface area contributed by atoms with E-state index in [9.17, 15) is 14.4 Å². The summed E-state index contributed by atoms with van der Waals surface area (Å²) in [5.74, 6) is -3.32. The number of nitriles is 1. The van der Waals surface area contributed by atoms with Crippen molar-refractivity contribution in [2.75, 3.05) is 12.3 Å². The number of carbonyl (C=O) groups excluding carboxylic acids is 1. The van der Waals surface area contributed by atoms with Gasteiger partial charge in [0.15, 0.2) is 5.57 Å². The molecule has 0 radical (unpaired) electrons. The summed E-state index contributed by atoms with van der Waals surface area (Å²) in [4.78, 5) is 33.2. The second kappa shape index (κ2) is 4.67. The Morgan fingerprint density at radius 2 is 2.12 bits per heavy atom. The first-order valence-corrected chi connectivity index (χ1v) is 4.98. The highest BCUT2D eigenvalue weighted by molar-refractivity contribution is 8.04. The first-order valence-electron chi connectivity index (χ1n) is 4.00. The zero-order chi connectivity index (χ0) is 12.3. The van der Waals surface area contributed by atoms with Crippen molar-refractivity contribution in [1.29, 1.82) is 5.26 Å². The molecule has 0 saturated carbocycles. The Bertz CT molecular complexity index is 436. The van der Waals surface area contributed by atoms with Gasteiger partial charge in [0.1, 0.15) is 17.6 Å². The summed E-state index contributed by atoms with van der Waals surface area (Å²) in [6, 6.07) is 1.44. The molecular formula is C8H6N2O5S. The normalized spacial score (nSPS) is 18.2. The molecule has 1 amide bonds. The van der Waals surface area contributed by atoms with Crippen molar-refractivity contribution >= 4 is 29.6 Å². The highest BCUT2D eigenvalue weighted by atomic mass is 32.2. The van der Waals surface area contributed by atoms with Crippen molar-refractivity contribution in [3.05, 3.63) is 10.6 Å². The van der Waals surface area contributed by atoms with Gasteiger partial charge in [0, 0.05) is 0 Å². The minimum absolute atomic E-state index is 0.0545. The van der Waals surface area contributed by atoms with Gasteiger partial charge in [0.05, 0.1) is 5.75 Å². The first kappa shape index (κ1) is 12.1. The molecule has 0 bridgehead atoms. The number of thioether (sulfide) groups is 1. The maximum absolute atomic E-state index is 11.3. The van der Waals surface area contributed by atoms with Crippen LogP contribution in [0, 0.1) is 11.3 Å². The molecule has 0 aliphatic carbocycles. The van der Waals surface area contributed by atoms with E-state index in [1.807, 2.05) is 0 Å². The molecule has 1 heterocycles. The third-order valence-electron chi connectivity index (χ3n) is 1.71. The largest absolute Gasteiger partial charge is 0.480 e. The summed E-state index contributed by atoms with van der Waals surface area (Å²) >= 11 is 0.851. The molecule has 7 nitrogen and oxygen atoms in total. The molecule has 2 N–H and O–H groups in total. The Hall–Kier alpha value is -2.01. The van der Waals surface area contributed by atoms with Crippen LogP contribution >= 0.6 is 11.8 Å². The van der Waals surface area contributed by atoms with E-state index in [0.29, 0.717) is 0 Å². The third-order valence-corrected chi connectivity index (χ3v) is 2.80. The predicted octanol–water partition coefficient (Wildman–Crippen LogP) is -0.534. The van der Waals surface area contributed by atoms with Crippen molar-refractivity contribution in [1.82, 2.24) is 4.90 Å². The van der Waals surface area contributed by atoms with Gasteiger partial charge in [-0.25, -0.2) is 4.79 Å². The lowest BCUT2D eigenvalue weighted by atomic mass is 10.3. The van der Waals surface area contributed by atoms with E-state index in [1.54, 1.807) is 0 Å². The number of amides is 1. The number of carbonyl (C=O) groups is 3. The van der Waals surface area contributed by atoms with E-state index in [0.717, 1.165) is 16.7 Å². The quantitative estimate of drug-likeness (QED) is 0.504. The summed E-state index contributed by atoms with van der Waals surface area (Å²) < 4.78 is 0. The van der Waals surface area contributed by atoms with E-state index < -0.39 is 30.0 Å². The number of rotatable bonds is 3. The molecule has 0 aromatic carbocycles. The molecule has 0 aromatic heterocycles. The van der Waals surface area contributed by atoms with Gasteiger partial charge in [-0.05, 0) is 0 Å². The topological polar surface area (TPSA) is 119 Å². The lowest BCUT2D eigenvalue weighted by molar-refractivity contribution is -0.141. The van der Waals surface area contributed by atoms with Gasteiger partial charge in [-0.15, -0.1) is 0 Å². The summed E-state index contributed by atoms with van der Waals surface area (Å²) in [6.45, 7) is -0.639. The van der Waals surface area contributed by atoms with E-state index in [4.69, 9.17) is 15.5 Å². The lowest BCUT2D eigenvalue weighted by Gasteiger charge is -2.14. The molecule has 1 fully saturated rings. The third kappa shape index (κ3) is 2.32. The smallest absolute Gasteiger partial charge is 0.349 e. The standard InChI is InChI=1S/C8H6N2O5S/c9-1-4(8(14)15)7-10(2-6(12)13)5(11)3-16-7/h2-3H2,(H,12,13)(H,14,15)/b7-4+. The zero-order valence-corrected chi connectivity index (χ0v) is 8.65. The van der Waals surface area contributed by atoms with Crippen LogP contribution in [0.3, 0.4) is 0 Å². The average Bonchev–Trinajstić information content (AvgIpc) is 2.50. The van der Waals surface area contributed by atoms with Crippen LogP contribution in [0.4, 0.5) is 0 Å². The molecule has 0 spiro atoms. The molecule has 0 unspecified atom stereocenters. The molecule has 0 atom stereocenters. The van der Waals surface area contributed by atoms with E-state index in [2.05, 4.69) is 0 Å². The van der Waals surface area contributed by atoms with Crippen molar-refractivity contribution in [3.8, 4) is 6.07 Å². The number of carboxylic acids is 2. The van der Waals surface area contributed by atoms with Crippen LogP contribution < -0.4 is 0 Å². The lowest BCUT2D eigenvalue weighted by Crippen LogP contribution is -2.31. The molecule has 84 valence electrons. The van der Waals surface area contributed by atoms with Gasteiger partial charge < -0.3 is 10.2 Å². The predicted molar refractivity (Wildman–Crippen MR) is 52.1 cm³/mol. The van der Waals surface area contributed by atoms with Gasteiger partial charge in [-0.3, -0.25) is 14.5 Å². The Labute approximate surface area is 93.9 Å². The summed E-state index contributed by atoms with van der Waals surface area (Å²) in [5, 5.41) is 25.7. The Balaban J connectivity index is 3.13. The number of carboxylic acid groups (broad SMARTS) is 2. The molecule has 8 heteroatoms. The maximum atomic E-state index is 11.3. The summed E-state index contributed by atoms with van der Waals surface area (Å²) in [5.41, 5.74) is -0.614. The van der Waals surface area contributed by atoms with Crippen LogP contribution in [0.5, 0.6) is 0 Å². The number of aliphatic carboxylic acids is 2. The fourth-order valence-electron chi connectivity index (χ4n) is 1.09. The van der Waals surface area contributed by atoms with Crippen molar-refractivity contribution in [2.45, 2.75) is 0 Å². The summed E-state index contributed by atoms with van der Waals surface area (Å²) in [7, 11) is 0. The molecule has 0 aromatic rings. The van der Waals surface area contributed by atoms with Gasteiger partial charge in [0.25, 0.3) is 0 Å². The van der Waals surface area contributed by atoms with Crippen LogP contribution in [0.15, 0.2) is 10.6 Å². The molecule has 1 aliphatic heterocycles. The van der Waals surface area contributed by atoms with Crippen LogP contribution in [0.25, 0.3) is 0 Å². The fraction of sp³-hybridized carbons (Fsp3) is 0.250. The minimum atomic E-state index is -1.48. The molecular weight excluding hydrogens is 236 g/mol. The highest BCUT2D eigenvalue weighted by Crippen LogP contribution is 2.31. The molecule has 16 heavy (non-hydrogen) atoms. The van der Waals surface area contributed by atoms with Crippen LogP contribution in [-0.2, 0) is 14.4 Å². The molecule has 1 rings (SSSR count). The van der Waals surface area contributed by atoms with Gasteiger partial charge in [0.2, 0.25) is 5.91 Å². The van der Waals surface area contributed by atoms with Crippen molar-refractivity contribution in [2.24, 2.45) is 0 Å². The Kier molecular flexibility index (Phi) is 3.52. The van der Waals surface area contributed by atoms with Crippen molar-refractivity contribution in [3.63, 3.8) is 0 Å². The van der Waals surface area contributed by atoms with Gasteiger partial charge >= 0.3 is 11.9 Å². The Morgan fingerprint density at radius 3 is 2.56 bits per heavy atom. The minimum Gasteiger partial charge on any atom is -0.480 e. The first-order chi connectivity index (χ1) is 7.47. The van der Waals surface area contributed by atoms with Crippen molar-refractivity contribution < 1.29 is 24.6 Å². The summed E-state index contributed by atoms with van der Waals surface area (Å²) in [6.07, 6.45) is 0. The average molecular weight is 242 g/mol. The van der Waals surface area contributed by atoms with E-state index in [1.165, 1.54) is 6.07 Å². The van der Waals surface area contributed by atoms with Crippen LogP contribution in [0.2, 0.25) is 0 Å². The SMILES string of the molecule is N#C/C(C(=O)O)=C1\SCC(=O)N1CC(=O)O. The second-order valence-corrected chi connectivity index (χ2v) is 3.72. The van der Waals surface area contributed by atoms with E-state index in [-0.39, 0.29) is 10.8 Å². The molecule has 1 saturated heterocycles. The fourth-order valence-corrected chi connectivity index (χ4v) is 2.10. The zero-order valence-electron chi connectivity index (χ0n) is 7.84. The monoisotopic (exact) mass is 242 g/mol. The highest BCUT2D eigenvalue weighted by Gasteiger charge is 2.32. The second-order valence-electron chi connectivity index (χ2n) is 2.76. The number of nitrogens with zero attached hydrogens (tertiary/aromatic N) is 2. The van der Waals surface area contributed by atoms with Gasteiger partial charge in [-0.1, -0.05) is 11.8 Å². The Morgan fingerprint density at radius 1 is 1.50 bits per heavy atom. The number of hydrogen-bond donors (Lipinski definition) is 2. The number of hydrogen-bond acceptors (Lipinski definition) is 5. The maximum Gasteiger partial charge on any atom is 0.349 e. The van der Waals surface area contributed by atoms with Crippen LogP contribution in [-0.4, -0.2) is 45.3 Å². The van der Waals surface area contributed by atoms with Crippen LogP contribution in [0.1, 0.15) is 0 Å². The van der Waals surface area contributed by atoms with E-state index >= 15 is 0 Å². The molecule has 1 aliphatic rings.